The fourth-order valence-corrected chi connectivity index (χ4v) is 1.45. The average molecular weight is 252 g/mol. The van der Waals surface area contributed by atoms with E-state index in [0.717, 1.165) is 12.0 Å². The van der Waals surface area contributed by atoms with E-state index in [9.17, 15) is 9.59 Å². The van der Waals surface area contributed by atoms with Crippen molar-refractivity contribution >= 4 is 17.7 Å². The summed E-state index contributed by atoms with van der Waals surface area (Å²) < 4.78 is 0. The Bertz CT molecular complexity index is 434. The number of carbonyl (C=O) groups is 2. The predicted molar refractivity (Wildman–Crippen MR) is 66.5 cm³/mol. The SMILES string of the molecule is CCc1ccccc1NC(=O)NC(CO)C(=O)O. The van der Waals surface area contributed by atoms with Crippen LogP contribution in [0.15, 0.2) is 24.3 Å². The second kappa shape index (κ2) is 6.61. The molecule has 1 atom stereocenters. The number of aliphatic hydroxyl groups is 1. The molecule has 0 aliphatic heterocycles. The highest BCUT2D eigenvalue weighted by atomic mass is 16.4. The maximum atomic E-state index is 11.6. The second-order valence-electron chi connectivity index (χ2n) is 3.68. The first-order valence-corrected chi connectivity index (χ1v) is 5.57. The van der Waals surface area contributed by atoms with Crippen LogP contribution in [0.25, 0.3) is 0 Å². The van der Waals surface area contributed by atoms with Gasteiger partial charge >= 0.3 is 12.0 Å². The van der Waals surface area contributed by atoms with E-state index >= 15 is 0 Å². The second-order valence-corrected chi connectivity index (χ2v) is 3.68. The number of anilines is 1. The van der Waals surface area contributed by atoms with Crippen molar-refractivity contribution in [3.63, 3.8) is 0 Å². The summed E-state index contributed by atoms with van der Waals surface area (Å²) in [5.41, 5.74) is 1.57. The van der Waals surface area contributed by atoms with Gasteiger partial charge in [0.25, 0.3) is 0 Å². The summed E-state index contributed by atoms with van der Waals surface area (Å²) in [7, 11) is 0. The summed E-state index contributed by atoms with van der Waals surface area (Å²) in [6, 6.07) is 5.27. The Morgan fingerprint density at radius 1 is 1.33 bits per heavy atom. The van der Waals surface area contributed by atoms with Crippen LogP contribution in [-0.2, 0) is 11.2 Å². The van der Waals surface area contributed by atoms with Crippen molar-refractivity contribution in [2.75, 3.05) is 11.9 Å². The molecule has 0 radical (unpaired) electrons. The molecule has 0 saturated carbocycles. The molecule has 0 fully saturated rings. The van der Waals surface area contributed by atoms with Gasteiger partial charge in [-0.15, -0.1) is 0 Å². The number of carboxylic acids is 1. The van der Waals surface area contributed by atoms with Gasteiger partial charge in [0, 0.05) is 5.69 Å². The average Bonchev–Trinajstić information content (AvgIpc) is 2.36. The minimum Gasteiger partial charge on any atom is -0.480 e. The first kappa shape index (κ1) is 14.0. The Morgan fingerprint density at radius 3 is 2.56 bits per heavy atom. The summed E-state index contributed by atoms with van der Waals surface area (Å²) in [5.74, 6) is -1.28. The van der Waals surface area contributed by atoms with Gasteiger partial charge in [-0.05, 0) is 18.1 Å². The lowest BCUT2D eigenvalue weighted by atomic mass is 10.1. The Hall–Kier alpha value is -2.08. The van der Waals surface area contributed by atoms with Gasteiger partial charge in [0.2, 0.25) is 0 Å². The Morgan fingerprint density at radius 2 is 2.00 bits per heavy atom. The highest BCUT2D eigenvalue weighted by molar-refractivity contribution is 5.92. The summed E-state index contributed by atoms with van der Waals surface area (Å²) in [4.78, 5) is 22.2. The smallest absolute Gasteiger partial charge is 0.328 e. The molecule has 6 nitrogen and oxygen atoms in total. The van der Waals surface area contributed by atoms with Crippen LogP contribution in [0.2, 0.25) is 0 Å². The molecular weight excluding hydrogens is 236 g/mol. The molecule has 1 aromatic carbocycles. The third-order valence-electron chi connectivity index (χ3n) is 2.43. The molecule has 4 N–H and O–H groups in total. The van der Waals surface area contributed by atoms with E-state index in [-0.39, 0.29) is 0 Å². The van der Waals surface area contributed by atoms with Crippen LogP contribution in [0.3, 0.4) is 0 Å². The zero-order valence-electron chi connectivity index (χ0n) is 10.0. The van der Waals surface area contributed by atoms with Crippen molar-refractivity contribution in [3.8, 4) is 0 Å². The largest absolute Gasteiger partial charge is 0.480 e. The normalized spacial score (nSPS) is 11.7. The number of aryl methyl sites for hydroxylation is 1. The fraction of sp³-hybridized carbons (Fsp3) is 0.333. The lowest BCUT2D eigenvalue weighted by Gasteiger charge is -2.14. The van der Waals surface area contributed by atoms with Crippen LogP contribution in [0.1, 0.15) is 12.5 Å². The van der Waals surface area contributed by atoms with Gasteiger partial charge in [-0.1, -0.05) is 25.1 Å². The van der Waals surface area contributed by atoms with E-state index in [1.165, 1.54) is 0 Å². The Kier molecular flexibility index (Phi) is 5.13. The quantitative estimate of drug-likeness (QED) is 0.623. The number of amides is 2. The number of para-hydroxylation sites is 1. The summed E-state index contributed by atoms with van der Waals surface area (Å²) >= 11 is 0. The third kappa shape index (κ3) is 3.74. The molecule has 0 spiro atoms. The molecule has 0 saturated heterocycles. The van der Waals surface area contributed by atoms with Crippen LogP contribution in [0.4, 0.5) is 10.5 Å². The predicted octanol–water partition coefficient (Wildman–Crippen LogP) is 0.816. The zero-order chi connectivity index (χ0) is 13.5. The number of aliphatic carboxylic acids is 1. The number of hydrogen-bond acceptors (Lipinski definition) is 3. The van der Waals surface area contributed by atoms with Crippen molar-refractivity contribution < 1.29 is 19.8 Å². The maximum Gasteiger partial charge on any atom is 0.328 e. The minimum atomic E-state index is -1.31. The van der Waals surface area contributed by atoms with Gasteiger partial charge in [-0.25, -0.2) is 9.59 Å². The summed E-state index contributed by atoms with van der Waals surface area (Å²) in [6.45, 7) is 1.30. The first-order valence-electron chi connectivity index (χ1n) is 5.57. The van der Waals surface area contributed by atoms with Crippen molar-refractivity contribution in [2.24, 2.45) is 0 Å². The molecule has 0 aliphatic rings. The molecule has 1 rings (SSSR count). The van der Waals surface area contributed by atoms with Gasteiger partial charge in [0.15, 0.2) is 6.04 Å². The Labute approximate surface area is 105 Å². The number of benzene rings is 1. The van der Waals surface area contributed by atoms with Crippen molar-refractivity contribution in [2.45, 2.75) is 19.4 Å². The number of urea groups is 1. The molecule has 0 bridgehead atoms. The van der Waals surface area contributed by atoms with Gasteiger partial charge in [-0.3, -0.25) is 0 Å². The molecule has 0 heterocycles. The number of hydrogen-bond donors (Lipinski definition) is 4. The van der Waals surface area contributed by atoms with E-state index in [0.29, 0.717) is 5.69 Å². The van der Waals surface area contributed by atoms with Crippen LogP contribution < -0.4 is 10.6 Å². The molecule has 2 amide bonds. The lowest BCUT2D eigenvalue weighted by Crippen LogP contribution is -2.45. The summed E-state index contributed by atoms with van der Waals surface area (Å²) in [6.07, 6.45) is 0.749. The number of carboxylic acid groups (broad SMARTS) is 1. The van der Waals surface area contributed by atoms with Gasteiger partial charge in [-0.2, -0.15) is 0 Å². The van der Waals surface area contributed by atoms with Crippen molar-refractivity contribution in [1.29, 1.82) is 0 Å². The van der Waals surface area contributed by atoms with Crippen molar-refractivity contribution in [1.82, 2.24) is 5.32 Å². The molecule has 1 unspecified atom stereocenters. The van der Waals surface area contributed by atoms with Crippen LogP contribution in [0.5, 0.6) is 0 Å². The third-order valence-corrected chi connectivity index (χ3v) is 2.43. The molecule has 1 aromatic rings. The van der Waals surface area contributed by atoms with Gasteiger partial charge in [0.1, 0.15) is 0 Å². The van der Waals surface area contributed by atoms with Crippen LogP contribution >= 0.6 is 0 Å². The highest BCUT2D eigenvalue weighted by Crippen LogP contribution is 2.14. The topological polar surface area (TPSA) is 98.7 Å². The molecule has 0 aromatic heterocycles. The fourth-order valence-electron chi connectivity index (χ4n) is 1.45. The minimum absolute atomic E-state index is 0.625. The first-order chi connectivity index (χ1) is 8.58. The van der Waals surface area contributed by atoms with Crippen LogP contribution in [0, 0.1) is 0 Å². The van der Waals surface area contributed by atoms with Gasteiger partial charge in [0.05, 0.1) is 6.61 Å². The molecule has 6 heteroatoms. The number of carbonyl (C=O) groups excluding carboxylic acids is 1. The highest BCUT2D eigenvalue weighted by Gasteiger charge is 2.18. The number of rotatable bonds is 5. The number of aliphatic hydroxyl groups excluding tert-OH is 1. The van der Waals surface area contributed by atoms with Crippen molar-refractivity contribution in [3.05, 3.63) is 29.8 Å². The zero-order valence-corrected chi connectivity index (χ0v) is 10.0. The molecule has 0 aliphatic carbocycles. The molecular formula is C12H16N2O4. The van der Waals surface area contributed by atoms with E-state index < -0.39 is 24.6 Å². The monoisotopic (exact) mass is 252 g/mol. The van der Waals surface area contributed by atoms with E-state index in [2.05, 4.69) is 10.6 Å². The molecule has 18 heavy (non-hydrogen) atoms. The van der Waals surface area contributed by atoms with E-state index in [4.69, 9.17) is 10.2 Å². The van der Waals surface area contributed by atoms with E-state index in [1.54, 1.807) is 12.1 Å². The Balaban J connectivity index is 2.67. The standard InChI is InChI=1S/C12H16N2O4/c1-2-8-5-3-4-6-9(8)13-12(18)14-10(7-15)11(16)17/h3-6,10,15H,2,7H2,1H3,(H,16,17)(H2,13,14,18). The number of nitrogens with one attached hydrogen (secondary N) is 2. The summed E-state index contributed by atoms with van der Waals surface area (Å²) in [5, 5.41) is 22.2. The van der Waals surface area contributed by atoms with Gasteiger partial charge < -0.3 is 20.8 Å². The van der Waals surface area contributed by atoms with E-state index in [1.807, 2.05) is 19.1 Å². The molecule has 98 valence electrons. The van der Waals surface area contributed by atoms with Crippen LogP contribution in [-0.4, -0.2) is 34.9 Å². The lowest BCUT2D eigenvalue weighted by molar-refractivity contribution is -0.140. The maximum absolute atomic E-state index is 11.6.